The van der Waals surface area contributed by atoms with Crippen LogP contribution in [-0.2, 0) is 9.59 Å². The normalized spacial score (nSPS) is 35.2. The van der Waals surface area contributed by atoms with Crippen molar-refractivity contribution < 1.29 is 14.7 Å². The van der Waals surface area contributed by atoms with Gasteiger partial charge < -0.3 is 5.11 Å². The molecule has 13 heavy (non-hydrogen) atoms. The summed E-state index contributed by atoms with van der Waals surface area (Å²) in [6.07, 6.45) is 5.83. The van der Waals surface area contributed by atoms with Gasteiger partial charge in [0, 0.05) is 5.92 Å². The van der Waals surface area contributed by atoms with Crippen LogP contribution in [0.2, 0.25) is 0 Å². The van der Waals surface area contributed by atoms with Crippen molar-refractivity contribution in [2.75, 3.05) is 0 Å². The Morgan fingerprint density at radius 3 is 2.54 bits per heavy atom. The lowest BCUT2D eigenvalue weighted by Gasteiger charge is -2.15. The zero-order chi connectivity index (χ0) is 9.42. The second-order valence-corrected chi connectivity index (χ2v) is 3.92. The summed E-state index contributed by atoms with van der Waals surface area (Å²) in [6.45, 7) is 0. The van der Waals surface area contributed by atoms with Gasteiger partial charge in [-0.25, -0.2) is 0 Å². The molecular weight excluding hydrogens is 168 g/mol. The quantitative estimate of drug-likeness (QED) is 0.525. The number of carbonyl (C=O) groups is 2. The van der Waals surface area contributed by atoms with Gasteiger partial charge >= 0.3 is 5.97 Å². The number of aliphatic carboxylic acids is 1. The lowest BCUT2D eigenvalue weighted by atomic mass is 9.88. The van der Waals surface area contributed by atoms with Gasteiger partial charge in [-0.15, -0.1) is 0 Å². The second-order valence-electron chi connectivity index (χ2n) is 3.92. The number of hydrogen-bond acceptors (Lipinski definition) is 2. The molecule has 0 spiro atoms. The Kier molecular flexibility index (Phi) is 1.94. The minimum atomic E-state index is -1.00. The summed E-state index contributed by atoms with van der Waals surface area (Å²) >= 11 is 0. The van der Waals surface area contributed by atoms with E-state index in [0.717, 1.165) is 12.8 Å². The third-order valence-corrected chi connectivity index (χ3v) is 3.02. The monoisotopic (exact) mass is 180 g/mol. The molecule has 70 valence electrons. The van der Waals surface area contributed by atoms with Crippen molar-refractivity contribution in [1.82, 2.24) is 0 Å². The molecule has 3 unspecified atom stereocenters. The molecule has 0 heterocycles. The molecule has 0 radical (unpaired) electrons. The first-order valence-corrected chi connectivity index (χ1v) is 4.59. The van der Waals surface area contributed by atoms with Crippen molar-refractivity contribution in [3.63, 3.8) is 0 Å². The molecule has 1 fully saturated rings. The smallest absolute Gasteiger partial charge is 0.310 e. The first-order valence-electron chi connectivity index (χ1n) is 4.59. The zero-order valence-corrected chi connectivity index (χ0v) is 7.27. The number of rotatable bonds is 3. The van der Waals surface area contributed by atoms with Crippen LogP contribution in [0.1, 0.15) is 19.3 Å². The molecule has 3 heteroatoms. The highest BCUT2D eigenvalue weighted by Gasteiger charge is 2.39. The first kappa shape index (κ1) is 8.48. The van der Waals surface area contributed by atoms with Gasteiger partial charge in [-0.1, -0.05) is 12.2 Å². The fourth-order valence-electron chi connectivity index (χ4n) is 2.43. The van der Waals surface area contributed by atoms with Gasteiger partial charge in [0.2, 0.25) is 0 Å². The number of allylic oxidation sites excluding steroid dienone is 2. The van der Waals surface area contributed by atoms with Crippen LogP contribution in [0, 0.1) is 17.8 Å². The Morgan fingerprint density at radius 1 is 1.31 bits per heavy atom. The maximum atomic E-state index is 11.4. The van der Waals surface area contributed by atoms with Crippen molar-refractivity contribution in [2.45, 2.75) is 19.3 Å². The highest BCUT2D eigenvalue weighted by Crippen LogP contribution is 2.44. The molecule has 0 aromatic heterocycles. The van der Waals surface area contributed by atoms with Gasteiger partial charge in [0.15, 0.2) is 0 Å². The topological polar surface area (TPSA) is 54.4 Å². The SMILES string of the molecule is O=C(O)CC(=O)C1CC2C=CC1C2. The average Bonchev–Trinajstić information content (AvgIpc) is 2.62. The van der Waals surface area contributed by atoms with Crippen molar-refractivity contribution in [2.24, 2.45) is 17.8 Å². The molecule has 2 aliphatic carbocycles. The number of hydrogen-bond donors (Lipinski definition) is 1. The number of carboxylic acid groups (broad SMARTS) is 1. The second kappa shape index (κ2) is 2.98. The zero-order valence-electron chi connectivity index (χ0n) is 7.27. The molecule has 3 atom stereocenters. The van der Waals surface area contributed by atoms with E-state index in [2.05, 4.69) is 12.2 Å². The molecule has 3 nitrogen and oxygen atoms in total. The van der Waals surface area contributed by atoms with E-state index < -0.39 is 5.97 Å². The van der Waals surface area contributed by atoms with Crippen molar-refractivity contribution >= 4 is 11.8 Å². The maximum Gasteiger partial charge on any atom is 0.310 e. The number of carboxylic acids is 1. The summed E-state index contributed by atoms with van der Waals surface area (Å²) in [7, 11) is 0. The van der Waals surface area contributed by atoms with Gasteiger partial charge in [-0.3, -0.25) is 9.59 Å². The highest BCUT2D eigenvalue weighted by molar-refractivity contribution is 5.96. The Labute approximate surface area is 76.4 Å². The van der Waals surface area contributed by atoms with Crippen molar-refractivity contribution in [1.29, 1.82) is 0 Å². The summed E-state index contributed by atoms with van der Waals surface area (Å²) in [5, 5.41) is 8.48. The Bertz CT molecular complexity index is 280. The van der Waals surface area contributed by atoms with E-state index in [-0.39, 0.29) is 18.1 Å². The lowest BCUT2D eigenvalue weighted by molar-refractivity contribution is -0.141. The Hall–Kier alpha value is -1.12. The maximum absolute atomic E-state index is 11.4. The van der Waals surface area contributed by atoms with E-state index in [1.165, 1.54) is 0 Å². The molecule has 0 aromatic rings. The molecule has 2 rings (SSSR count). The molecule has 1 N–H and O–H groups in total. The van der Waals surface area contributed by atoms with Crippen molar-refractivity contribution in [3.8, 4) is 0 Å². The summed E-state index contributed by atoms with van der Waals surface area (Å²) < 4.78 is 0. The van der Waals surface area contributed by atoms with E-state index in [1.807, 2.05) is 0 Å². The number of fused-ring (bicyclic) bond motifs is 2. The van der Waals surface area contributed by atoms with E-state index in [9.17, 15) is 9.59 Å². The van der Waals surface area contributed by atoms with E-state index in [0.29, 0.717) is 11.8 Å². The predicted molar refractivity (Wildman–Crippen MR) is 46.1 cm³/mol. The van der Waals surface area contributed by atoms with Crippen LogP contribution < -0.4 is 0 Å². The predicted octanol–water partition coefficient (Wildman–Crippen LogP) is 1.24. The molecule has 0 aliphatic heterocycles. The number of Topliss-reactive ketones (excluding diaryl/α,β-unsaturated/α-hetero) is 1. The Morgan fingerprint density at radius 2 is 2.08 bits per heavy atom. The number of carbonyl (C=O) groups excluding carboxylic acids is 1. The van der Waals surface area contributed by atoms with Gasteiger partial charge in [0.1, 0.15) is 12.2 Å². The fraction of sp³-hybridized carbons (Fsp3) is 0.600. The molecule has 0 amide bonds. The minimum absolute atomic E-state index is 0.00824. The molecule has 1 saturated carbocycles. The fourth-order valence-corrected chi connectivity index (χ4v) is 2.43. The van der Waals surface area contributed by atoms with Crippen LogP contribution in [0.15, 0.2) is 12.2 Å². The molecule has 0 aromatic carbocycles. The number of ketones is 1. The van der Waals surface area contributed by atoms with Crippen molar-refractivity contribution in [3.05, 3.63) is 12.2 Å². The highest BCUT2D eigenvalue weighted by atomic mass is 16.4. The molecular formula is C10H12O3. The van der Waals surface area contributed by atoms with E-state index in [1.54, 1.807) is 0 Å². The largest absolute Gasteiger partial charge is 0.481 e. The van der Waals surface area contributed by atoms with Crippen LogP contribution in [0.5, 0.6) is 0 Å². The lowest BCUT2D eigenvalue weighted by Crippen LogP contribution is -2.21. The third-order valence-electron chi connectivity index (χ3n) is 3.02. The third kappa shape index (κ3) is 1.50. The average molecular weight is 180 g/mol. The van der Waals surface area contributed by atoms with Gasteiger partial charge in [0.05, 0.1) is 0 Å². The molecule has 2 aliphatic rings. The van der Waals surface area contributed by atoms with Crippen LogP contribution >= 0.6 is 0 Å². The minimum Gasteiger partial charge on any atom is -0.481 e. The van der Waals surface area contributed by atoms with E-state index in [4.69, 9.17) is 5.11 Å². The van der Waals surface area contributed by atoms with Gasteiger partial charge in [-0.05, 0) is 24.7 Å². The summed E-state index contributed by atoms with van der Waals surface area (Å²) in [6, 6.07) is 0. The standard InChI is InChI=1S/C10H12O3/c11-9(5-10(12)13)8-4-6-1-2-7(8)3-6/h1-2,6-8H,3-5H2,(H,12,13). The van der Waals surface area contributed by atoms with Gasteiger partial charge in [0.25, 0.3) is 0 Å². The first-order chi connectivity index (χ1) is 6.16. The Balaban J connectivity index is 1.99. The van der Waals surface area contributed by atoms with Crippen LogP contribution in [0.4, 0.5) is 0 Å². The molecule has 2 bridgehead atoms. The van der Waals surface area contributed by atoms with Gasteiger partial charge in [-0.2, -0.15) is 0 Å². The summed E-state index contributed by atoms with van der Waals surface area (Å²) in [5.74, 6) is -0.239. The van der Waals surface area contributed by atoms with Crippen LogP contribution in [-0.4, -0.2) is 16.9 Å². The molecule has 0 saturated heterocycles. The van der Waals surface area contributed by atoms with Crippen LogP contribution in [0.25, 0.3) is 0 Å². The van der Waals surface area contributed by atoms with E-state index >= 15 is 0 Å². The van der Waals surface area contributed by atoms with Crippen LogP contribution in [0.3, 0.4) is 0 Å². The summed E-state index contributed by atoms with van der Waals surface area (Å²) in [4.78, 5) is 21.8. The summed E-state index contributed by atoms with van der Waals surface area (Å²) in [5.41, 5.74) is 0.